The third-order valence-electron chi connectivity index (χ3n) is 4.86. The Balaban J connectivity index is 2.04. The number of nitrogens with zero attached hydrogens (tertiary/aromatic N) is 2. The van der Waals surface area contributed by atoms with Crippen molar-refractivity contribution in [2.24, 2.45) is 0 Å². The molecule has 1 saturated heterocycles. The van der Waals surface area contributed by atoms with Crippen LogP contribution in [-0.2, 0) is 9.59 Å². The summed E-state index contributed by atoms with van der Waals surface area (Å²) in [5, 5.41) is 11.0. The van der Waals surface area contributed by atoms with Gasteiger partial charge in [-0.25, -0.2) is 0 Å². The van der Waals surface area contributed by atoms with Crippen LogP contribution in [0.15, 0.2) is 46.4 Å². The highest BCUT2D eigenvalue weighted by Crippen LogP contribution is 2.40. The lowest BCUT2D eigenvalue weighted by atomic mass is 9.99. The molecule has 1 aromatic heterocycles. The first-order valence-corrected chi connectivity index (χ1v) is 9.95. The van der Waals surface area contributed by atoms with Crippen LogP contribution in [0, 0.1) is 6.92 Å². The molecular formula is C23H28N2O5. The van der Waals surface area contributed by atoms with Crippen molar-refractivity contribution in [1.29, 1.82) is 0 Å². The predicted molar refractivity (Wildman–Crippen MR) is 113 cm³/mol. The fourth-order valence-corrected chi connectivity index (χ4v) is 3.43. The van der Waals surface area contributed by atoms with Gasteiger partial charge in [-0.2, -0.15) is 0 Å². The van der Waals surface area contributed by atoms with E-state index in [4.69, 9.17) is 9.15 Å². The molecule has 1 aliphatic heterocycles. The molecule has 1 N–H and O–H groups in total. The molecular weight excluding hydrogens is 384 g/mol. The summed E-state index contributed by atoms with van der Waals surface area (Å²) in [6, 6.07) is 9.54. The van der Waals surface area contributed by atoms with Crippen molar-refractivity contribution in [2.75, 3.05) is 27.2 Å². The Morgan fingerprint density at radius 2 is 1.83 bits per heavy atom. The van der Waals surface area contributed by atoms with E-state index in [1.54, 1.807) is 43.3 Å². The van der Waals surface area contributed by atoms with E-state index in [1.807, 2.05) is 32.8 Å². The van der Waals surface area contributed by atoms with E-state index >= 15 is 0 Å². The van der Waals surface area contributed by atoms with E-state index in [9.17, 15) is 14.7 Å². The number of furan rings is 1. The number of amides is 1. The molecule has 1 aliphatic rings. The molecule has 7 heteroatoms. The van der Waals surface area contributed by atoms with Crippen LogP contribution >= 0.6 is 0 Å². The van der Waals surface area contributed by atoms with Crippen LogP contribution in [0.25, 0.3) is 5.76 Å². The summed E-state index contributed by atoms with van der Waals surface area (Å²) >= 11 is 0. The zero-order valence-corrected chi connectivity index (χ0v) is 18.0. The maximum atomic E-state index is 12.9. The Morgan fingerprint density at radius 3 is 2.37 bits per heavy atom. The standard InChI is InChI=1S/C23H28N2O5/c1-14(2)29-17-9-7-16(8-10-17)21(26)19-20(18-11-6-15(3)30-18)25(13-12-24(4)5)23(28)22(19)27/h6-11,14,20,26H,12-13H2,1-5H3/b21-19+. The molecule has 3 rings (SSSR count). The normalized spacial score (nSPS) is 18.6. The number of aliphatic hydroxyl groups is 1. The van der Waals surface area contributed by atoms with Gasteiger partial charge in [-0.05, 0) is 71.3 Å². The first-order chi connectivity index (χ1) is 14.2. The van der Waals surface area contributed by atoms with Crippen molar-refractivity contribution in [3.05, 3.63) is 59.1 Å². The maximum absolute atomic E-state index is 12.9. The van der Waals surface area contributed by atoms with Crippen LogP contribution < -0.4 is 4.74 Å². The third-order valence-corrected chi connectivity index (χ3v) is 4.86. The number of hydrogen-bond acceptors (Lipinski definition) is 6. The number of Topliss-reactive ketones (excluding diaryl/α,β-unsaturated/α-hetero) is 1. The van der Waals surface area contributed by atoms with E-state index in [2.05, 4.69) is 0 Å². The highest BCUT2D eigenvalue weighted by Gasteiger charge is 2.47. The molecule has 0 spiro atoms. The number of ketones is 1. The highest BCUT2D eigenvalue weighted by atomic mass is 16.5. The van der Waals surface area contributed by atoms with Gasteiger partial charge in [-0.3, -0.25) is 9.59 Å². The number of aliphatic hydroxyl groups excluding tert-OH is 1. The molecule has 1 unspecified atom stereocenters. The van der Waals surface area contributed by atoms with Crippen LogP contribution in [0.3, 0.4) is 0 Å². The van der Waals surface area contributed by atoms with E-state index in [1.165, 1.54) is 4.90 Å². The Bertz CT molecular complexity index is 956. The highest BCUT2D eigenvalue weighted by molar-refractivity contribution is 6.46. The average Bonchev–Trinajstić information content (AvgIpc) is 3.21. The van der Waals surface area contributed by atoms with Crippen molar-refractivity contribution < 1.29 is 23.8 Å². The lowest BCUT2D eigenvalue weighted by Crippen LogP contribution is -2.35. The maximum Gasteiger partial charge on any atom is 0.295 e. The second kappa shape index (κ2) is 8.75. The van der Waals surface area contributed by atoms with Crippen LogP contribution in [-0.4, -0.2) is 59.9 Å². The van der Waals surface area contributed by atoms with Crippen LogP contribution in [0.4, 0.5) is 0 Å². The fraction of sp³-hybridized carbons (Fsp3) is 0.391. The van der Waals surface area contributed by atoms with Crippen LogP contribution in [0.2, 0.25) is 0 Å². The van der Waals surface area contributed by atoms with E-state index in [0.29, 0.717) is 35.9 Å². The molecule has 0 bridgehead atoms. The number of benzene rings is 1. The van der Waals surface area contributed by atoms with Crippen molar-refractivity contribution in [3.8, 4) is 5.75 Å². The molecule has 2 heterocycles. The van der Waals surface area contributed by atoms with Gasteiger partial charge in [0.25, 0.3) is 11.7 Å². The van der Waals surface area contributed by atoms with Gasteiger partial charge in [0.1, 0.15) is 29.1 Å². The molecule has 7 nitrogen and oxygen atoms in total. The Labute approximate surface area is 176 Å². The van der Waals surface area contributed by atoms with Gasteiger partial charge >= 0.3 is 0 Å². The minimum atomic E-state index is -0.773. The topological polar surface area (TPSA) is 83.2 Å². The number of aryl methyl sites for hydroxylation is 1. The van der Waals surface area contributed by atoms with Crippen LogP contribution in [0.1, 0.15) is 37.0 Å². The molecule has 0 radical (unpaired) electrons. The molecule has 1 fully saturated rings. The largest absolute Gasteiger partial charge is 0.507 e. The van der Waals surface area contributed by atoms with Crippen molar-refractivity contribution in [1.82, 2.24) is 9.80 Å². The number of carbonyl (C=O) groups excluding carboxylic acids is 2. The van der Waals surface area contributed by atoms with Gasteiger partial charge in [0.05, 0.1) is 11.7 Å². The molecule has 1 amide bonds. The quantitative estimate of drug-likeness (QED) is 0.427. The molecule has 1 aromatic carbocycles. The summed E-state index contributed by atoms with van der Waals surface area (Å²) in [6.07, 6.45) is 0.0219. The lowest BCUT2D eigenvalue weighted by Gasteiger charge is -2.24. The van der Waals surface area contributed by atoms with Crippen molar-refractivity contribution in [2.45, 2.75) is 32.9 Å². The molecule has 1 atom stereocenters. The summed E-state index contributed by atoms with van der Waals surface area (Å²) in [5.74, 6) is 0.192. The summed E-state index contributed by atoms with van der Waals surface area (Å²) in [7, 11) is 3.78. The predicted octanol–water partition coefficient (Wildman–Crippen LogP) is 3.36. The van der Waals surface area contributed by atoms with Gasteiger partial charge < -0.3 is 24.1 Å². The van der Waals surface area contributed by atoms with E-state index in [-0.39, 0.29) is 17.4 Å². The third kappa shape index (κ3) is 4.41. The molecule has 0 aliphatic carbocycles. The van der Waals surface area contributed by atoms with Crippen molar-refractivity contribution in [3.63, 3.8) is 0 Å². The van der Waals surface area contributed by atoms with Gasteiger partial charge in [-0.1, -0.05) is 0 Å². The first kappa shape index (κ1) is 21.6. The number of rotatable bonds is 7. The second-order valence-corrected chi connectivity index (χ2v) is 7.94. The monoisotopic (exact) mass is 412 g/mol. The Morgan fingerprint density at radius 1 is 1.17 bits per heavy atom. The summed E-state index contributed by atoms with van der Waals surface area (Å²) < 4.78 is 11.4. The number of carbonyl (C=O) groups is 2. The minimum Gasteiger partial charge on any atom is -0.507 e. The molecule has 30 heavy (non-hydrogen) atoms. The van der Waals surface area contributed by atoms with Crippen LogP contribution in [0.5, 0.6) is 5.75 Å². The Hall–Kier alpha value is -3.06. The average molecular weight is 412 g/mol. The van der Waals surface area contributed by atoms with E-state index < -0.39 is 17.7 Å². The number of ether oxygens (including phenoxy) is 1. The number of hydrogen-bond donors (Lipinski definition) is 1. The zero-order valence-electron chi connectivity index (χ0n) is 18.0. The van der Waals surface area contributed by atoms with E-state index in [0.717, 1.165) is 0 Å². The summed E-state index contributed by atoms with van der Waals surface area (Å²) in [5.41, 5.74) is 0.468. The number of likely N-dealkylation sites (N-methyl/N-ethyl adjacent to an activating group) is 1. The summed E-state index contributed by atoms with van der Waals surface area (Å²) in [4.78, 5) is 29.1. The zero-order chi connectivity index (χ0) is 22.0. The first-order valence-electron chi connectivity index (χ1n) is 9.95. The molecule has 0 saturated carbocycles. The Kier molecular flexibility index (Phi) is 6.31. The van der Waals surface area contributed by atoms with Crippen molar-refractivity contribution >= 4 is 17.4 Å². The minimum absolute atomic E-state index is 0.0219. The van der Waals surface area contributed by atoms with Gasteiger partial charge in [0.15, 0.2) is 0 Å². The molecule has 2 aromatic rings. The number of likely N-dealkylation sites (tertiary alicyclic amines) is 1. The smallest absolute Gasteiger partial charge is 0.295 e. The summed E-state index contributed by atoms with van der Waals surface area (Å²) in [6.45, 7) is 6.55. The van der Waals surface area contributed by atoms with Gasteiger partial charge in [0, 0.05) is 18.7 Å². The SMILES string of the molecule is Cc1ccc(C2/C(=C(\O)c3ccc(OC(C)C)cc3)C(=O)C(=O)N2CCN(C)C)o1. The van der Waals surface area contributed by atoms with Gasteiger partial charge in [0.2, 0.25) is 0 Å². The second-order valence-electron chi connectivity index (χ2n) is 7.94. The fourth-order valence-electron chi connectivity index (χ4n) is 3.43. The molecule has 160 valence electrons. The van der Waals surface area contributed by atoms with Gasteiger partial charge in [-0.15, -0.1) is 0 Å². The lowest BCUT2D eigenvalue weighted by molar-refractivity contribution is -0.140.